The predicted octanol–water partition coefficient (Wildman–Crippen LogP) is -0.0484. The van der Waals surface area contributed by atoms with E-state index in [4.69, 9.17) is 4.74 Å². The molecule has 7 heteroatoms. The molecule has 0 aromatic rings. The van der Waals surface area contributed by atoms with E-state index in [1.54, 1.807) is 0 Å². The molecule has 0 aromatic carbocycles. The third-order valence-electron chi connectivity index (χ3n) is 4.54. The lowest BCUT2D eigenvalue weighted by atomic mass is 9.93. The van der Waals surface area contributed by atoms with Gasteiger partial charge in [0.15, 0.2) is 0 Å². The molecule has 3 fully saturated rings. The van der Waals surface area contributed by atoms with Crippen LogP contribution in [0.15, 0.2) is 0 Å². The van der Waals surface area contributed by atoms with Gasteiger partial charge in [0, 0.05) is 19.6 Å². The molecule has 0 bridgehead atoms. The Balaban J connectivity index is 1.54. The van der Waals surface area contributed by atoms with E-state index in [1.165, 1.54) is 23.4 Å². The van der Waals surface area contributed by atoms with Crippen molar-refractivity contribution in [2.45, 2.75) is 37.9 Å². The number of carbonyl (C=O) groups excluding carboxylic acids is 1. The fourth-order valence-corrected chi connectivity index (χ4v) is 3.91. The average Bonchev–Trinajstić information content (AvgIpc) is 3.11. The van der Waals surface area contributed by atoms with Gasteiger partial charge in [-0.2, -0.15) is 4.31 Å². The Morgan fingerprint density at radius 2 is 2.10 bits per heavy atom. The molecule has 0 radical (unpaired) electrons. The highest BCUT2D eigenvalue weighted by molar-refractivity contribution is 7.88. The summed E-state index contributed by atoms with van der Waals surface area (Å²) in [7, 11) is -3.16. The van der Waals surface area contributed by atoms with Crippen molar-refractivity contribution >= 4 is 15.9 Å². The lowest BCUT2D eigenvalue weighted by Crippen LogP contribution is -2.45. The number of sulfonamides is 1. The van der Waals surface area contributed by atoms with Crippen molar-refractivity contribution in [1.29, 1.82) is 0 Å². The van der Waals surface area contributed by atoms with Crippen molar-refractivity contribution in [3.05, 3.63) is 0 Å². The quantitative estimate of drug-likeness (QED) is 0.790. The van der Waals surface area contributed by atoms with Crippen LogP contribution in [-0.4, -0.2) is 56.7 Å². The van der Waals surface area contributed by atoms with Crippen LogP contribution in [0.2, 0.25) is 0 Å². The van der Waals surface area contributed by atoms with Crippen molar-refractivity contribution in [3.8, 4) is 0 Å². The number of carbonyl (C=O) groups is 1. The fraction of sp³-hybridized carbons (Fsp3) is 0.923. The summed E-state index contributed by atoms with van der Waals surface area (Å²) >= 11 is 0. The van der Waals surface area contributed by atoms with Crippen LogP contribution in [0.3, 0.4) is 0 Å². The first kappa shape index (κ1) is 14.3. The summed E-state index contributed by atoms with van der Waals surface area (Å²) in [6, 6.07) is 0. The van der Waals surface area contributed by atoms with Crippen molar-refractivity contribution < 1.29 is 17.9 Å². The van der Waals surface area contributed by atoms with Gasteiger partial charge < -0.3 is 10.1 Å². The van der Waals surface area contributed by atoms with Crippen molar-refractivity contribution in [1.82, 2.24) is 9.62 Å². The summed E-state index contributed by atoms with van der Waals surface area (Å²) < 4.78 is 30.4. The van der Waals surface area contributed by atoms with Crippen LogP contribution in [0.1, 0.15) is 25.7 Å². The largest absolute Gasteiger partial charge is 0.363 e. The number of piperidine rings is 1. The van der Waals surface area contributed by atoms with Crippen LogP contribution in [0, 0.1) is 11.8 Å². The Morgan fingerprint density at radius 1 is 1.35 bits per heavy atom. The lowest BCUT2D eigenvalue weighted by Gasteiger charge is -2.32. The molecule has 0 aromatic heterocycles. The number of nitrogens with zero attached hydrogens (tertiary/aromatic N) is 1. The Bertz CT molecular complexity index is 489. The molecule has 3 aliphatic rings. The van der Waals surface area contributed by atoms with Crippen molar-refractivity contribution in [2.75, 3.05) is 25.9 Å². The molecular weight excluding hydrogens is 280 g/mol. The van der Waals surface area contributed by atoms with Gasteiger partial charge in [0.2, 0.25) is 15.9 Å². The highest BCUT2D eigenvalue weighted by Crippen LogP contribution is 2.34. The Labute approximate surface area is 119 Å². The molecule has 0 spiro atoms. The maximum absolute atomic E-state index is 12.0. The van der Waals surface area contributed by atoms with Crippen LogP contribution in [0.25, 0.3) is 0 Å². The molecule has 1 saturated carbocycles. The number of fused-ring (bicyclic) bond motifs is 1. The van der Waals surface area contributed by atoms with Gasteiger partial charge in [0.05, 0.1) is 12.4 Å². The van der Waals surface area contributed by atoms with Crippen LogP contribution >= 0.6 is 0 Å². The standard InChI is InChI=1S/C13H22N2O4S/c1-20(17,18)15-5-4-10-6-11(19-12(10)8-15)13(16)14-7-9-2-3-9/h9-12H,2-8H2,1H3,(H,14,16)/t10-,11+,12-/m0/s1. The zero-order valence-corrected chi connectivity index (χ0v) is 12.6. The van der Waals surface area contributed by atoms with E-state index in [9.17, 15) is 13.2 Å². The zero-order chi connectivity index (χ0) is 14.3. The number of hydrogen-bond acceptors (Lipinski definition) is 4. The summed E-state index contributed by atoms with van der Waals surface area (Å²) in [5.41, 5.74) is 0. The summed E-state index contributed by atoms with van der Waals surface area (Å²) in [6.45, 7) is 1.68. The third-order valence-corrected chi connectivity index (χ3v) is 5.81. The molecule has 1 N–H and O–H groups in total. The van der Waals surface area contributed by atoms with Crippen molar-refractivity contribution in [2.24, 2.45) is 11.8 Å². The van der Waals surface area contributed by atoms with Gasteiger partial charge in [0.1, 0.15) is 6.10 Å². The van der Waals surface area contributed by atoms with E-state index >= 15 is 0 Å². The molecule has 3 atom stereocenters. The Hall–Kier alpha value is -0.660. The Morgan fingerprint density at radius 3 is 2.75 bits per heavy atom. The van der Waals surface area contributed by atoms with E-state index in [-0.39, 0.29) is 12.0 Å². The van der Waals surface area contributed by atoms with E-state index in [0.29, 0.717) is 24.9 Å². The van der Waals surface area contributed by atoms with Gasteiger partial charge in [0.25, 0.3) is 0 Å². The van der Waals surface area contributed by atoms with Crippen molar-refractivity contribution in [3.63, 3.8) is 0 Å². The normalized spacial score (nSPS) is 34.8. The molecule has 3 rings (SSSR count). The first-order valence-corrected chi connectivity index (χ1v) is 9.16. The number of hydrogen-bond donors (Lipinski definition) is 1. The molecule has 2 saturated heterocycles. The monoisotopic (exact) mass is 302 g/mol. The fourth-order valence-electron chi connectivity index (χ4n) is 3.05. The van der Waals surface area contributed by atoms with Gasteiger partial charge in [-0.1, -0.05) is 0 Å². The van der Waals surface area contributed by atoms with E-state index in [1.807, 2.05) is 0 Å². The van der Waals surface area contributed by atoms with Gasteiger partial charge in [-0.05, 0) is 37.5 Å². The molecule has 2 heterocycles. The van der Waals surface area contributed by atoms with Gasteiger partial charge in [-0.3, -0.25) is 4.79 Å². The number of amides is 1. The number of ether oxygens (including phenoxy) is 1. The SMILES string of the molecule is CS(=O)(=O)N1CC[C@H]2C[C@H](C(=O)NCC3CC3)O[C@H]2C1. The summed E-state index contributed by atoms with van der Waals surface area (Å²) in [5, 5.41) is 2.94. The first-order chi connectivity index (χ1) is 9.43. The number of nitrogens with one attached hydrogen (secondary N) is 1. The maximum Gasteiger partial charge on any atom is 0.249 e. The third kappa shape index (κ3) is 3.15. The second-order valence-electron chi connectivity index (χ2n) is 6.26. The van der Waals surface area contributed by atoms with Crippen LogP contribution in [0.4, 0.5) is 0 Å². The van der Waals surface area contributed by atoms with Gasteiger partial charge >= 0.3 is 0 Å². The van der Waals surface area contributed by atoms with Crippen LogP contribution in [-0.2, 0) is 19.6 Å². The Kier molecular flexibility index (Phi) is 3.77. The topological polar surface area (TPSA) is 75.7 Å². The second kappa shape index (κ2) is 5.27. The number of rotatable bonds is 4. The molecular formula is C13H22N2O4S. The minimum atomic E-state index is -3.16. The van der Waals surface area contributed by atoms with E-state index in [0.717, 1.165) is 19.4 Å². The minimum absolute atomic E-state index is 0.0304. The maximum atomic E-state index is 12.0. The second-order valence-corrected chi connectivity index (χ2v) is 8.24. The van der Waals surface area contributed by atoms with Crippen LogP contribution in [0.5, 0.6) is 0 Å². The molecule has 6 nitrogen and oxygen atoms in total. The zero-order valence-electron chi connectivity index (χ0n) is 11.7. The lowest BCUT2D eigenvalue weighted by molar-refractivity contribution is -0.132. The molecule has 20 heavy (non-hydrogen) atoms. The molecule has 0 unspecified atom stereocenters. The first-order valence-electron chi connectivity index (χ1n) is 7.32. The van der Waals surface area contributed by atoms with E-state index in [2.05, 4.69) is 5.32 Å². The predicted molar refractivity (Wildman–Crippen MR) is 73.5 cm³/mol. The van der Waals surface area contributed by atoms with Gasteiger partial charge in [-0.25, -0.2) is 8.42 Å². The van der Waals surface area contributed by atoms with E-state index < -0.39 is 16.1 Å². The molecule has 2 aliphatic heterocycles. The highest BCUT2D eigenvalue weighted by Gasteiger charge is 2.43. The smallest absolute Gasteiger partial charge is 0.249 e. The molecule has 1 amide bonds. The highest BCUT2D eigenvalue weighted by atomic mass is 32.2. The summed E-state index contributed by atoms with van der Waals surface area (Å²) in [5.74, 6) is 0.935. The molecule has 114 valence electrons. The average molecular weight is 302 g/mol. The van der Waals surface area contributed by atoms with Crippen LogP contribution < -0.4 is 5.32 Å². The van der Waals surface area contributed by atoms with Gasteiger partial charge in [-0.15, -0.1) is 0 Å². The summed E-state index contributed by atoms with van der Waals surface area (Å²) in [4.78, 5) is 12.0. The minimum Gasteiger partial charge on any atom is -0.363 e. The summed E-state index contributed by atoms with van der Waals surface area (Å²) in [6.07, 6.45) is 4.62. The molecule has 1 aliphatic carbocycles.